The zero-order chi connectivity index (χ0) is 9.97. The summed E-state index contributed by atoms with van der Waals surface area (Å²) >= 11 is 0. The van der Waals surface area contributed by atoms with Crippen LogP contribution in [0.2, 0.25) is 0 Å². The molecule has 0 heterocycles. The minimum Gasteiger partial charge on any atom is -0.305 e. The van der Waals surface area contributed by atoms with Gasteiger partial charge in [-0.1, -0.05) is 30.3 Å². The molecule has 2 aromatic rings. The van der Waals surface area contributed by atoms with Crippen LogP contribution in [0.1, 0.15) is 5.56 Å². The molecule has 0 aliphatic rings. The van der Waals surface area contributed by atoms with Gasteiger partial charge in [0.15, 0.2) is 0 Å². The lowest BCUT2D eigenvalue weighted by Crippen LogP contribution is -2.10. The number of benzene rings is 2. The zero-order valence-electron chi connectivity index (χ0n) is 8.62. The first-order valence-corrected chi connectivity index (χ1v) is 4.80. The van der Waals surface area contributed by atoms with Gasteiger partial charge in [0.25, 0.3) is 0 Å². The van der Waals surface area contributed by atoms with E-state index in [0.717, 1.165) is 6.54 Å². The molecule has 0 unspecified atom stereocenters. The lowest BCUT2D eigenvalue weighted by Gasteiger charge is -2.11. The lowest BCUT2D eigenvalue weighted by atomic mass is 10.0. The highest BCUT2D eigenvalue weighted by Crippen LogP contribution is 2.18. The van der Waals surface area contributed by atoms with Crippen LogP contribution >= 0.6 is 0 Å². The number of rotatable bonds is 2. The highest BCUT2D eigenvalue weighted by atomic mass is 15.0. The summed E-state index contributed by atoms with van der Waals surface area (Å²) < 4.78 is 0. The third-order valence-electron chi connectivity index (χ3n) is 2.30. The smallest absolute Gasteiger partial charge is 0.0233 e. The van der Waals surface area contributed by atoms with Gasteiger partial charge in [0.1, 0.15) is 0 Å². The predicted octanol–water partition coefficient (Wildman–Crippen LogP) is 2.70. The van der Waals surface area contributed by atoms with Gasteiger partial charge in [-0.25, -0.2) is 0 Å². The maximum absolute atomic E-state index is 3.13. The molecular weight excluding hydrogens is 170 g/mol. The van der Waals surface area contributed by atoms with Gasteiger partial charge >= 0.3 is 0 Å². The Morgan fingerprint density at radius 2 is 2.07 bits per heavy atom. The van der Waals surface area contributed by atoms with Gasteiger partial charge in [-0.15, -0.1) is 0 Å². The Morgan fingerprint density at radius 3 is 2.86 bits per heavy atom. The van der Waals surface area contributed by atoms with Crippen molar-refractivity contribution in [1.29, 1.82) is 0 Å². The SMILES string of the molecule is CN(C)Cc1cccc2cc[c]cc12. The molecule has 0 amide bonds. The van der Waals surface area contributed by atoms with Gasteiger partial charge in [0.2, 0.25) is 0 Å². The molecule has 0 aromatic heterocycles. The van der Waals surface area contributed by atoms with Crippen molar-refractivity contribution in [2.24, 2.45) is 0 Å². The van der Waals surface area contributed by atoms with Crippen molar-refractivity contribution < 1.29 is 0 Å². The minimum absolute atomic E-state index is 0.981. The molecule has 71 valence electrons. The molecule has 0 fully saturated rings. The maximum Gasteiger partial charge on any atom is 0.0233 e. The number of hydrogen-bond donors (Lipinski definition) is 0. The first kappa shape index (κ1) is 9.22. The first-order valence-electron chi connectivity index (χ1n) is 4.80. The van der Waals surface area contributed by atoms with Crippen molar-refractivity contribution in [3.05, 3.63) is 48.0 Å². The average Bonchev–Trinajstić information content (AvgIpc) is 2.18. The molecule has 1 heteroatoms. The molecule has 1 nitrogen and oxygen atoms in total. The van der Waals surface area contributed by atoms with Crippen LogP contribution < -0.4 is 0 Å². The van der Waals surface area contributed by atoms with Crippen molar-refractivity contribution in [3.8, 4) is 0 Å². The van der Waals surface area contributed by atoms with Gasteiger partial charge in [-0.2, -0.15) is 0 Å². The van der Waals surface area contributed by atoms with Crippen LogP contribution in [0.5, 0.6) is 0 Å². The summed E-state index contributed by atoms with van der Waals surface area (Å²) in [6.07, 6.45) is 0. The van der Waals surface area contributed by atoms with E-state index < -0.39 is 0 Å². The molecule has 0 atom stereocenters. The van der Waals surface area contributed by atoms with E-state index in [9.17, 15) is 0 Å². The van der Waals surface area contributed by atoms with Crippen molar-refractivity contribution >= 4 is 10.8 Å². The molecule has 0 saturated heterocycles. The second-order valence-electron chi connectivity index (χ2n) is 3.80. The number of nitrogens with zero attached hydrogens (tertiary/aromatic N) is 1. The van der Waals surface area contributed by atoms with Crippen LogP contribution in [0.4, 0.5) is 0 Å². The Labute approximate surface area is 85.0 Å². The Bertz CT molecular complexity index is 427. The lowest BCUT2D eigenvalue weighted by molar-refractivity contribution is 0.404. The normalized spacial score (nSPS) is 11.1. The molecule has 0 bridgehead atoms. The Morgan fingerprint density at radius 1 is 1.21 bits per heavy atom. The fraction of sp³-hybridized carbons (Fsp3) is 0.231. The van der Waals surface area contributed by atoms with Crippen LogP contribution in [0.15, 0.2) is 36.4 Å². The standard InChI is InChI=1S/C13H14N/c1-14(2)10-12-8-5-7-11-6-3-4-9-13(11)12/h3,5-9H,10H2,1-2H3. The summed E-state index contributed by atoms with van der Waals surface area (Å²) in [5.41, 5.74) is 1.37. The topological polar surface area (TPSA) is 3.24 Å². The molecule has 0 aliphatic carbocycles. The fourth-order valence-corrected chi connectivity index (χ4v) is 1.70. The van der Waals surface area contributed by atoms with Crippen LogP contribution in [0.25, 0.3) is 10.8 Å². The van der Waals surface area contributed by atoms with E-state index in [1.165, 1.54) is 16.3 Å². The van der Waals surface area contributed by atoms with Crippen molar-refractivity contribution in [2.75, 3.05) is 14.1 Å². The monoisotopic (exact) mass is 184 g/mol. The number of hydrogen-bond acceptors (Lipinski definition) is 1. The molecular formula is C13H14N. The van der Waals surface area contributed by atoms with E-state index in [-0.39, 0.29) is 0 Å². The summed E-state index contributed by atoms with van der Waals surface area (Å²) in [6.45, 7) is 0.981. The van der Waals surface area contributed by atoms with Gasteiger partial charge in [0.05, 0.1) is 0 Å². The summed E-state index contributed by atoms with van der Waals surface area (Å²) in [4.78, 5) is 2.18. The molecule has 0 saturated carbocycles. The maximum atomic E-state index is 3.13. The Kier molecular flexibility index (Phi) is 2.51. The van der Waals surface area contributed by atoms with Crippen molar-refractivity contribution in [3.63, 3.8) is 0 Å². The fourth-order valence-electron chi connectivity index (χ4n) is 1.70. The minimum atomic E-state index is 0.981. The molecule has 0 aliphatic heterocycles. The Balaban J connectivity index is 2.53. The molecule has 0 spiro atoms. The molecule has 14 heavy (non-hydrogen) atoms. The molecule has 2 aromatic carbocycles. The van der Waals surface area contributed by atoms with Crippen LogP contribution in [-0.2, 0) is 6.54 Å². The number of fused-ring (bicyclic) bond motifs is 1. The van der Waals surface area contributed by atoms with Gasteiger partial charge in [-0.3, -0.25) is 0 Å². The zero-order valence-corrected chi connectivity index (χ0v) is 8.62. The van der Waals surface area contributed by atoms with Gasteiger partial charge < -0.3 is 4.90 Å². The van der Waals surface area contributed by atoms with E-state index in [2.05, 4.69) is 55.4 Å². The summed E-state index contributed by atoms with van der Waals surface area (Å²) in [6, 6.07) is 15.7. The molecule has 0 N–H and O–H groups in total. The predicted molar refractivity (Wildman–Crippen MR) is 60.2 cm³/mol. The second-order valence-corrected chi connectivity index (χ2v) is 3.80. The van der Waals surface area contributed by atoms with E-state index >= 15 is 0 Å². The quantitative estimate of drug-likeness (QED) is 0.693. The third-order valence-corrected chi connectivity index (χ3v) is 2.30. The summed E-state index contributed by atoms with van der Waals surface area (Å²) in [5, 5.41) is 2.60. The van der Waals surface area contributed by atoms with Crippen LogP contribution in [0, 0.1) is 6.07 Å². The third kappa shape index (κ3) is 1.78. The Hall–Kier alpha value is -1.34. The van der Waals surface area contributed by atoms with Crippen molar-refractivity contribution in [2.45, 2.75) is 6.54 Å². The first-order chi connectivity index (χ1) is 6.77. The highest BCUT2D eigenvalue weighted by Gasteiger charge is 2.00. The van der Waals surface area contributed by atoms with E-state index in [4.69, 9.17) is 0 Å². The largest absolute Gasteiger partial charge is 0.305 e. The molecule has 1 radical (unpaired) electrons. The molecule has 2 rings (SSSR count). The van der Waals surface area contributed by atoms with Crippen LogP contribution in [0.3, 0.4) is 0 Å². The van der Waals surface area contributed by atoms with E-state index in [0.29, 0.717) is 0 Å². The van der Waals surface area contributed by atoms with E-state index in [1.807, 2.05) is 6.07 Å². The van der Waals surface area contributed by atoms with E-state index in [1.54, 1.807) is 0 Å². The second kappa shape index (κ2) is 3.81. The summed E-state index contributed by atoms with van der Waals surface area (Å²) in [5.74, 6) is 0. The summed E-state index contributed by atoms with van der Waals surface area (Å²) in [7, 11) is 4.18. The van der Waals surface area contributed by atoms with Crippen molar-refractivity contribution in [1.82, 2.24) is 4.90 Å². The van der Waals surface area contributed by atoms with Gasteiger partial charge in [-0.05, 0) is 42.6 Å². The van der Waals surface area contributed by atoms with Gasteiger partial charge in [0, 0.05) is 6.54 Å². The highest BCUT2D eigenvalue weighted by molar-refractivity contribution is 5.85. The average molecular weight is 184 g/mol. The van der Waals surface area contributed by atoms with Crippen LogP contribution in [-0.4, -0.2) is 19.0 Å².